The molecule has 6 nitrogen and oxygen atoms in total. The van der Waals surface area contributed by atoms with E-state index in [0.717, 1.165) is 0 Å². The van der Waals surface area contributed by atoms with Crippen molar-refractivity contribution in [3.63, 3.8) is 0 Å². The highest BCUT2D eigenvalue weighted by atomic mass is 16.5. The monoisotopic (exact) mass is 202 g/mol. The molecule has 0 amide bonds. The molecule has 3 N–H and O–H groups in total. The molecular weight excluding hydrogens is 188 g/mol. The van der Waals surface area contributed by atoms with Crippen LogP contribution in [0, 0.1) is 0 Å². The van der Waals surface area contributed by atoms with Crippen molar-refractivity contribution in [3.05, 3.63) is 0 Å². The number of esters is 1. The van der Waals surface area contributed by atoms with Crippen LogP contribution in [0.2, 0.25) is 0 Å². The Kier molecular flexibility index (Phi) is 3.43. The molecule has 0 aromatic heterocycles. The van der Waals surface area contributed by atoms with Gasteiger partial charge in [-0.2, -0.15) is 0 Å². The SMILES string of the molecule is COC(=O)CNC1(CC(=O)O)CNC1. The molecule has 6 heteroatoms. The van der Waals surface area contributed by atoms with Crippen molar-refractivity contribution in [3.8, 4) is 0 Å². The quantitative estimate of drug-likeness (QED) is 0.473. The molecule has 1 aliphatic heterocycles. The summed E-state index contributed by atoms with van der Waals surface area (Å²) in [5, 5.41) is 14.5. The third kappa shape index (κ3) is 2.68. The highest BCUT2D eigenvalue weighted by molar-refractivity contribution is 5.72. The maximum Gasteiger partial charge on any atom is 0.319 e. The van der Waals surface area contributed by atoms with E-state index < -0.39 is 11.5 Å². The topological polar surface area (TPSA) is 87.7 Å². The normalized spacial score (nSPS) is 18.4. The summed E-state index contributed by atoms with van der Waals surface area (Å²) < 4.78 is 4.45. The van der Waals surface area contributed by atoms with E-state index in [2.05, 4.69) is 15.4 Å². The molecule has 0 spiro atoms. The summed E-state index contributed by atoms with van der Waals surface area (Å²) in [7, 11) is 1.30. The van der Waals surface area contributed by atoms with Crippen molar-refractivity contribution in [1.82, 2.24) is 10.6 Å². The van der Waals surface area contributed by atoms with Crippen LogP contribution in [-0.2, 0) is 14.3 Å². The summed E-state index contributed by atoms with van der Waals surface area (Å²) >= 11 is 0. The van der Waals surface area contributed by atoms with Gasteiger partial charge in [0.2, 0.25) is 0 Å². The fraction of sp³-hybridized carbons (Fsp3) is 0.750. The highest BCUT2D eigenvalue weighted by Gasteiger charge is 2.38. The molecule has 1 aliphatic rings. The lowest BCUT2D eigenvalue weighted by molar-refractivity contribution is -0.143. The Morgan fingerprint density at radius 2 is 2.21 bits per heavy atom. The van der Waals surface area contributed by atoms with Gasteiger partial charge < -0.3 is 15.2 Å². The maximum atomic E-state index is 10.8. The van der Waals surface area contributed by atoms with Gasteiger partial charge in [-0.1, -0.05) is 0 Å². The Balaban J connectivity index is 2.37. The molecule has 0 aliphatic carbocycles. The minimum atomic E-state index is -0.871. The average Bonchev–Trinajstić information content (AvgIpc) is 2.08. The summed E-state index contributed by atoms with van der Waals surface area (Å²) in [4.78, 5) is 21.4. The first-order valence-electron chi connectivity index (χ1n) is 4.32. The first-order chi connectivity index (χ1) is 6.58. The number of rotatable bonds is 5. The number of hydrogen-bond donors (Lipinski definition) is 3. The minimum absolute atomic E-state index is 0.0109. The Hall–Kier alpha value is -1.14. The summed E-state index contributed by atoms with van der Waals surface area (Å²) in [6.45, 7) is 1.18. The smallest absolute Gasteiger partial charge is 0.319 e. The molecule has 1 fully saturated rings. The predicted molar refractivity (Wildman–Crippen MR) is 47.9 cm³/mol. The number of hydrogen-bond acceptors (Lipinski definition) is 5. The molecule has 0 bridgehead atoms. The van der Waals surface area contributed by atoms with Crippen LogP contribution >= 0.6 is 0 Å². The molecule has 0 atom stereocenters. The van der Waals surface area contributed by atoms with Crippen LogP contribution in [0.15, 0.2) is 0 Å². The van der Waals surface area contributed by atoms with Crippen molar-refractivity contribution < 1.29 is 19.4 Å². The molecule has 0 aromatic carbocycles. The van der Waals surface area contributed by atoms with Crippen LogP contribution in [-0.4, -0.2) is 49.3 Å². The van der Waals surface area contributed by atoms with Gasteiger partial charge in [-0.15, -0.1) is 0 Å². The van der Waals surface area contributed by atoms with Gasteiger partial charge in [0.1, 0.15) is 0 Å². The fourth-order valence-corrected chi connectivity index (χ4v) is 1.36. The van der Waals surface area contributed by atoms with Crippen LogP contribution in [0.4, 0.5) is 0 Å². The number of nitrogens with one attached hydrogen (secondary N) is 2. The predicted octanol–water partition coefficient (Wildman–Crippen LogP) is -1.43. The molecule has 80 valence electrons. The second-order valence-corrected chi connectivity index (χ2v) is 3.38. The van der Waals surface area contributed by atoms with Gasteiger partial charge in [-0.25, -0.2) is 0 Å². The zero-order valence-corrected chi connectivity index (χ0v) is 8.00. The van der Waals surface area contributed by atoms with Crippen molar-refractivity contribution >= 4 is 11.9 Å². The lowest BCUT2D eigenvalue weighted by atomic mass is 9.88. The van der Waals surface area contributed by atoms with E-state index in [4.69, 9.17) is 5.11 Å². The van der Waals surface area contributed by atoms with E-state index in [1.165, 1.54) is 7.11 Å². The fourth-order valence-electron chi connectivity index (χ4n) is 1.36. The van der Waals surface area contributed by atoms with Crippen LogP contribution < -0.4 is 10.6 Å². The maximum absolute atomic E-state index is 10.8. The summed E-state index contributed by atoms with van der Waals surface area (Å²) in [5.41, 5.74) is -0.486. The Bertz CT molecular complexity index is 237. The van der Waals surface area contributed by atoms with Crippen molar-refractivity contribution in [1.29, 1.82) is 0 Å². The summed E-state index contributed by atoms with van der Waals surface area (Å²) in [5.74, 6) is -1.26. The number of ether oxygens (including phenoxy) is 1. The van der Waals surface area contributed by atoms with Crippen molar-refractivity contribution in [2.45, 2.75) is 12.0 Å². The Labute approximate surface area is 81.6 Å². The highest BCUT2D eigenvalue weighted by Crippen LogP contribution is 2.15. The zero-order valence-electron chi connectivity index (χ0n) is 8.00. The van der Waals surface area contributed by atoms with Gasteiger partial charge in [0.05, 0.1) is 25.6 Å². The summed E-state index contributed by atoms with van der Waals surface area (Å²) in [6, 6.07) is 0. The van der Waals surface area contributed by atoms with Gasteiger partial charge in [0, 0.05) is 13.1 Å². The first kappa shape index (κ1) is 10.9. The Morgan fingerprint density at radius 1 is 1.57 bits per heavy atom. The zero-order chi connectivity index (χ0) is 10.6. The van der Waals surface area contributed by atoms with Crippen LogP contribution in [0.3, 0.4) is 0 Å². The van der Waals surface area contributed by atoms with Crippen molar-refractivity contribution in [2.24, 2.45) is 0 Å². The third-order valence-electron chi connectivity index (χ3n) is 2.25. The number of carboxylic acids is 1. The Morgan fingerprint density at radius 3 is 2.57 bits per heavy atom. The molecule has 0 radical (unpaired) electrons. The number of carbonyl (C=O) groups is 2. The number of carbonyl (C=O) groups excluding carboxylic acids is 1. The number of carboxylic acid groups (broad SMARTS) is 1. The minimum Gasteiger partial charge on any atom is -0.481 e. The van der Waals surface area contributed by atoms with Crippen LogP contribution in [0.25, 0.3) is 0 Å². The molecule has 0 aromatic rings. The van der Waals surface area contributed by atoms with Gasteiger partial charge in [0.15, 0.2) is 0 Å². The van der Waals surface area contributed by atoms with Gasteiger partial charge in [-0.3, -0.25) is 14.9 Å². The lowest BCUT2D eigenvalue weighted by Crippen LogP contribution is -2.69. The molecule has 1 rings (SSSR count). The van der Waals surface area contributed by atoms with Crippen LogP contribution in [0.5, 0.6) is 0 Å². The lowest BCUT2D eigenvalue weighted by Gasteiger charge is -2.42. The van der Waals surface area contributed by atoms with E-state index in [-0.39, 0.29) is 18.9 Å². The summed E-state index contributed by atoms with van der Waals surface area (Å²) in [6.07, 6.45) is 0.0109. The van der Waals surface area contributed by atoms with Gasteiger partial charge in [0.25, 0.3) is 0 Å². The van der Waals surface area contributed by atoms with E-state index in [1.54, 1.807) is 0 Å². The van der Waals surface area contributed by atoms with E-state index >= 15 is 0 Å². The number of methoxy groups -OCH3 is 1. The third-order valence-corrected chi connectivity index (χ3v) is 2.25. The second-order valence-electron chi connectivity index (χ2n) is 3.38. The van der Waals surface area contributed by atoms with Gasteiger partial charge >= 0.3 is 11.9 Å². The molecule has 0 saturated carbocycles. The van der Waals surface area contributed by atoms with E-state index in [1.807, 2.05) is 0 Å². The van der Waals surface area contributed by atoms with Gasteiger partial charge in [-0.05, 0) is 0 Å². The van der Waals surface area contributed by atoms with Crippen molar-refractivity contribution in [2.75, 3.05) is 26.7 Å². The first-order valence-corrected chi connectivity index (χ1v) is 4.32. The van der Waals surface area contributed by atoms with E-state index in [0.29, 0.717) is 13.1 Å². The van der Waals surface area contributed by atoms with E-state index in [9.17, 15) is 9.59 Å². The number of aliphatic carboxylic acids is 1. The molecule has 1 heterocycles. The van der Waals surface area contributed by atoms with Crippen LogP contribution in [0.1, 0.15) is 6.42 Å². The standard InChI is InChI=1S/C8H14N2O4/c1-14-7(13)3-10-8(2-6(11)12)4-9-5-8/h9-10H,2-5H2,1H3,(H,11,12). The largest absolute Gasteiger partial charge is 0.481 e. The molecule has 1 saturated heterocycles. The molecule has 0 unspecified atom stereocenters. The molecule has 14 heavy (non-hydrogen) atoms. The average molecular weight is 202 g/mol. The second kappa shape index (κ2) is 4.39. The molecular formula is C8H14N2O4.